The van der Waals surface area contributed by atoms with Crippen molar-refractivity contribution in [3.63, 3.8) is 0 Å². The van der Waals surface area contributed by atoms with Crippen LogP contribution in [0, 0.1) is 6.92 Å². The first-order valence-corrected chi connectivity index (χ1v) is 10.5. The highest BCUT2D eigenvalue weighted by atomic mass is 35.5. The zero-order valence-corrected chi connectivity index (χ0v) is 17.7. The third-order valence-corrected chi connectivity index (χ3v) is 5.91. The van der Waals surface area contributed by atoms with Crippen molar-refractivity contribution in [1.29, 1.82) is 0 Å². The number of alkyl halides is 4. The Morgan fingerprint density at radius 3 is 2.47 bits per heavy atom. The summed E-state index contributed by atoms with van der Waals surface area (Å²) in [5, 5.41) is 1.74. The number of ether oxygens (including phenoxy) is 1. The number of fused-ring (bicyclic) bond motifs is 3. The Morgan fingerprint density at radius 2 is 1.72 bits per heavy atom. The van der Waals surface area contributed by atoms with Gasteiger partial charge in [0.2, 0.25) is 0 Å². The molecule has 0 spiro atoms. The Morgan fingerprint density at radius 1 is 0.938 bits per heavy atom. The van der Waals surface area contributed by atoms with Crippen LogP contribution in [0.15, 0.2) is 66.7 Å². The van der Waals surface area contributed by atoms with Crippen molar-refractivity contribution in [1.82, 2.24) is 21.3 Å². The zero-order valence-electron chi connectivity index (χ0n) is 17.0. The van der Waals surface area contributed by atoms with Crippen molar-refractivity contribution in [2.24, 2.45) is 0 Å². The van der Waals surface area contributed by atoms with Gasteiger partial charge in [-0.25, -0.2) is 16.3 Å². The van der Waals surface area contributed by atoms with Gasteiger partial charge in [0.15, 0.2) is 11.9 Å². The third kappa shape index (κ3) is 3.85. The van der Waals surface area contributed by atoms with Crippen molar-refractivity contribution in [3.8, 4) is 16.9 Å². The number of benzene rings is 3. The lowest BCUT2D eigenvalue weighted by molar-refractivity contribution is -0.137. The maximum Gasteiger partial charge on any atom is 0.416 e. The first kappa shape index (κ1) is 21.2. The van der Waals surface area contributed by atoms with Crippen LogP contribution in [0.2, 0.25) is 0 Å². The molecule has 2 aliphatic rings. The van der Waals surface area contributed by atoms with Crippen LogP contribution < -0.4 is 21.0 Å². The molecule has 3 aromatic carbocycles. The normalized spacial score (nSPS) is 23.0. The van der Waals surface area contributed by atoms with Crippen LogP contribution in [0.25, 0.3) is 11.1 Å². The molecule has 5 nitrogen and oxygen atoms in total. The number of nitrogens with one attached hydrogen (secondary N) is 3. The molecule has 166 valence electrons. The van der Waals surface area contributed by atoms with E-state index in [9.17, 15) is 13.2 Å². The fourth-order valence-electron chi connectivity index (χ4n) is 4.03. The SMILES string of the molecule is Cc1ccc2c(c1)C(Oc1cc(C(F)(F)F)ccc1-c1ccccc1)NN1C(Cl)NNC21. The van der Waals surface area contributed by atoms with Gasteiger partial charge >= 0.3 is 6.18 Å². The smallest absolute Gasteiger partial charge is 0.416 e. The highest BCUT2D eigenvalue weighted by molar-refractivity contribution is 6.20. The van der Waals surface area contributed by atoms with Gasteiger partial charge in [-0.1, -0.05) is 71.8 Å². The monoisotopic (exact) mass is 460 g/mol. The van der Waals surface area contributed by atoms with Gasteiger partial charge in [-0.3, -0.25) is 0 Å². The molecule has 5 rings (SSSR count). The molecule has 3 aromatic rings. The molecule has 0 bridgehead atoms. The summed E-state index contributed by atoms with van der Waals surface area (Å²) in [5.41, 5.74) is 12.0. The van der Waals surface area contributed by atoms with Crippen molar-refractivity contribution >= 4 is 11.6 Å². The second kappa shape index (κ2) is 8.06. The molecule has 0 radical (unpaired) electrons. The molecule has 3 atom stereocenters. The molecule has 9 heteroatoms. The predicted octanol–water partition coefficient (Wildman–Crippen LogP) is 5.21. The molecule has 1 saturated heterocycles. The molecule has 0 saturated carbocycles. The van der Waals surface area contributed by atoms with Crippen molar-refractivity contribution < 1.29 is 17.9 Å². The van der Waals surface area contributed by atoms with E-state index in [4.69, 9.17) is 16.3 Å². The van der Waals surface area contributed by atoms with Crippen LogP contribution >= 0.6 is 11.6 Å². The molecular formula is C23H20ClF3N4O. The standard InChI is InChI=1S/C23H20ClF3N4O/c1-13-7-9-17-18(11-13)21(30-31-20(17)28-29-22(31)24)32-19-12-15(23(25,26)27)8-10-16(19)14-5-3-2-4-6-14/h2-12,20-22,28-30H,1H3. The maximum atomic E-state index is 13.5. The predicted molar refractivity (Wildman–Crippen MR) is 115 cm³/mol. The molecule has 0 aliphatic carbocycles. The second-order valence-electron chi connectivity index (χ2n) is 7.77. The van der Waals surface area contributed by atoms with Gasteiger partial charge in [0.05, 0.1) is 5.56 Å². The summed E-state index contributed by atoms with van der Waals surface area (Å²) in [6, 6.07) is 18.6. The van der Waals surface area contributed by atoms with E-state index in [0.29, 0.717) is 5.56 Å². The summed E-state index contributed by atoms with van der Waals surface area (Å²) in [4.78, 5) is 0. The number of halogens is 4. The molecule has 1 fully saturated rings. The second-order valence-corrected chi connectivity index (χ2v) is 8.18. The molecule has 3 N–H and O–H groups in total. The summed E-state index contributed by atoms with van der Waals surface area (Å²) in [5.74, 6) is 0.126. The fourth-order valence-corrected chi connectivity index (χ4v) is 4.26. The molecule has 0 amide bonds. The Balaban J connectivity index is 1.60. The number of nitrogens with zero attached hydrogens (tertiary/aromatic N) is 1. The van der Waals surface area contributed by atoms with Crippen LogP contribution in [0.5, 0.6) is 5.75 Å². The molecule has 32 heavy (non-hydrogen) atoms. The number of rotatable bonds is 3. The maximum absolute atomic E-state index is 13.5. The van der Waals surface area contributed by atoms with Gasteiger partial charge in [-0.15, -0.1) is 0 Å². The number of hydrazine groups is 2. The van der Waals surface area contributed by atoms with Gasteiger partial charge in [0.25, 0.3) is 0 Å². The van der Waals surface area contributed by atoms with E-state index in [2.05, 4.69) is 16.3 Å². The molecule has 2 aliphatic heterocycles. The molecule has 2 heterocycles. The van der Waals surface area contributed by atoms with Crippen LogP contribution in [-0.2, 0) is 6.18 Å². The van der Waals surface area contributed by atoms with E-state index in [0.717, 1.165) is 34.4 Å². The summed E-state index contributed by atoms with van der Waals surface area (Å²) in [6.07, 6.45) is -5.48. The van der Waals surface area contributed by atoms with Gasteiger partial charge < -0.3 is 4.74 Å². The van der Waals surface area contributed by atoms with E-state index < -0.39 is 23.6 Å². The summed E-state index contributed by atoms with van der Waals surface area (Å²) in [7, 11) is 0. The van der Waals surface area contributed by atoms with Crippen LogP contribution in [-0.4, -0.2) is 10.6 Å². The highest BCUT2D eigenvalue weighted by Crippen LogP contribution is 2.41. The molecule has 0 aromatic heterocycles. The minimum atomic E-state index is -4.49. The van der Waals surface area contributed by atoms with Crippen molar-refractivity contribution in [2.75, 3.05) is 0 Å². The van der Waals surface area contributed by atoms with Crippen molar-refractivity contribution in [3.05, 3.63) is 89.0 Å². The van der Waals surface area contributed by atoms with Gasteiger partial charge in [0, 0.05) is 11.1 Å². The topological polar surface area (TPSA) is 48.6 Å². The molecule has 3 unspecified atom stereocenters. The lowest BCUT2D eigenvalue weighted by atomic mass is 9.98. The fraction of sp³-hybridized carbons (Fsp3) is 0.217. The first-order valence-electron chi connectivity index (χ1n) is 10.0. The largest absolute Gasteiger partial charge is 0.469 e. The third-order valence-electron chi connectivity index (χ3n) is 5.59. The lowest BCUT2D eigenvalue weighted by Gasteiger charge is -2.38. The summed E-state index contributed by atoms with van der Waals surface area (Å²) in [6.45, 7) is 1.95. The van der Waals surface area contributed by atoms with Crippen LogP contribution in [0.3, 0.4) is 0 Å². The van der Waals surface area contributed by atoms with Gasteiger partial charge in [0.1, 0.15) is 11.9 Å². The van der Waals surface area contributed by atoms with E-state index in [1.807, 2.05) is 55.5 Å². The minimum Gasteiger partial charge on any atom is -0.469 e. The number of hydrogen-bond donors (Lipinski definition) is 3. The van der Waals surface area contributed by atoms with E-state index in [1.165, 1.54) is 6.07 Å². The average molecular weight is 461 g/mol. The van der Waals surface area contributed by atoms with E-state index in [1.54, 1.807) is 5.01 Å². The summed E-state index contributed by atoms with van der Waals surface area (Å²) >= 11 is 6.35. The van der Waals surface area contributed by atoms with E-state index in [-0.39, 0.29) is 11.9 Å². The first-order chi connectivity index (χ1) is 15.3. The van der Waals surface area contributed by atoms with Gasteiger partial charge in [-0.05, 0) is 30.2 Å². The Bertz CT molecular complexity index is 1140. The number of aryl methyl sites for hydroxylation is 1. The zero-order chi connectivity index (χ0) is 22.5. The lowest BCUT2D eigenvalue weighted by Crippen LogP contribution is -2.50. The Kier molecular flexibility index (Phi) is 5.35. The highest BCUT2D eigenvalue weighted by Gasteiger charge is 2.41. The quantitative estimate of drug-likeness (QED) is 0.370. The average Bonchev–Trinajstić information content (AvgIpc) is 3.14. The number of hydrogen-bond acceptors (Lipinski definition) is 5. The van der Waals surface area contributed by atoms with Crippen molar-refractivity contribution in [2.45, 2.75) is 31.1 Å². The Hall–Kier alpha value is -2.62. The van der Waals surface area contributed by atoms with Crippen LogP contribution in [0.1, 0.15) is 34.6 Å². The van der Waals surface area contributed by atoms with Gasteiger partial charge in [-0.2, -0.15) is 18.2 Å². The minimum absolute atomic E-state index is 0.126. The van der Waals surface area contributed by atoms with Crippen LogP contribution in [0.4, 0.5) is 13.2 Å². The van der Waals surface area contributed by atoms with E-state index >= 15 is 0 Å². The summed E-state index contributed by atoms with van der Waals surface area (Å²) < 4.78 is 46.7. The Labute approximate surface area is 188 Å². The molecular weight excluding hydrogens is 441 g/mol.